The largest absolute Gasteiger partial charge is 0.462 e. The van der Waals surface area contributed by atoms with Crippen LogP contribution in [0.4, 0.5) is 5.69 Å². The highest BCUT2D eigenvalue weighted by atomic mass is 32.2. The Labute approximate surface area is 198 Å². The minimum atomic E-state index is -3.91. The Morgan fingerprint density at radius 3 is 2.45 bits per heavy atom. The van der Waals surface area contributed by atoms with Gasteiger partial charge in [-0.3, -0.25) is 4.79 Å². The molecule has 1 heterocycles. The van der Waals surface area contributed by atoms with Gasteiger partial charge in [-0.15, -0.1) is 0 Å². The van der Waals surface area contributed by atoms with Gasteiger partial charge in [0.25, 0.3) is 0 Å². The molecule has 0 bridgehead atoms. The van der Waals surface area contributed by atoms with Crippen molar-refractivity contribution in [1.82, 2.24) is 4.31 Å². The number of esters is 1. The van der Waals surface area contributed by atoms with Crippen molar-refractivity contribution in [1.29, 1.82) is 0 Å². The number of rotatable bonds is 6. The number of sulfonamides is 1. The first-order valence-electron chi connectivity index (χ1n) is 10.6. The summed E-state index contributed by atoms with van der Waals surface area (Å²) in [6.07, 6.45) is 0.294. The second kappa shape index (κ2) is 9.54. The van der Waals surface area contributed by atoms with Gasteiger partial charge in [0.05, 0.1) is 17.1 Å². The molecule has 9 heteroatoms. The van der Waals surface area contributed by atoms with Gasteiger partial charge in [0.15, 0.2) is 0 Å². The zero-order valence-electron chi connectivity index (χ0n) is 18.0. The first kappa shape index (κ1) is 23.3. The third-order valence-corrected chi connectivity index (χ3v) is 7.77. The fraction of sp³-hybridized carbons (Fsp3) is 0.250. The number of anilines is 1. The number of hydrogen-bond donors (Lipinski definition) is 2. The Balaban J connectivity index is 1.55. The number of hydrogen-bond acceptors (Lipinski definition) is 6. The molecule has 1 N–H and O–H groups in total. The van der Waals surface area contributed by atoms with E-state index in [-0.39, 0.29) is 23.3 Å². The van der Waals surface area contributed by atoms with Gasteiger partial charge in [-0.1, -0.05) is 30.3 Å². The fourth-order valence-electron chi connectivity index (χ4n) is 3.88. The monoisotopic (exact) mass is 484 g/mol. The lowest BCUT2D eigenvalue weighted by Gasteiger charge is -2.23. The van der Waals surface area contributed by atoms with E-state index in [0.717, 1.165) is 10.8 Å². The van der Waals surface area contributed by atoms with E-state index in [1.165, 1.54) is 4.31 Å². The summed E-state index contributed by atoms with van der Waals surface area (Å²) in [5.74, 6) is -0.892. The van der Waals surface area contributed by atoms with Crippen LogP contribution >= 0.6 is 12.6 Å². The molecule has 3 aromatic carbocycles. The standard InChI is InChI=1S/C24H24N2O5S2/c1-2-31-24(28)17-7-10-19(11-8-17)25-23(27)22-14-20(32)15-26(22)33(29,30)21-12-9-16-5-3-4-6-18(16)13-21/h3-13,20,22,32H,2,14-15H2,1H3,(H,25,27)/t20-,22-/m0/s1. The molecule has 4 rings (SSSR count). The quantitative estimate of drug-likeness (QED) is 0.411. The normalized spacial score (nSPS) is 18.8. The molecular weight excluding hydrogens is 460 g/mol. The van der Waals surface area contributed by atoms with Crippen LogP contribution in [0.2, 0.25) is 0 Å². The van der Waals surface area contributed by atoms with Crippen molar-refractivity contribution in [2.24, 2.45) is 0 Å². The molecule has 33 heavy (non-hydrogen) atoms. The lowest BCUT2D eigenvalue weighted by Crippen LogP contribution is -2.43. The van der Waals surface area contributed by atoms with Gasteiger partial charge >= 0.3 is 5.97 Å². The third kappa shape index (κ3) is 4.90. The van der Waals surface area contributed by atoms with E-state index in [4.69, 9.17) is 4.74 Å². The highest BCUT2D eigenvalue weighted by Crippen LogP contribution is 2.31. The van der Waals surface area contributed by atoms with Crippen molar-refractivity contribution < 1.29 is 22.7 Å². The van der Waals surface area contributed by atoms with Crippen LogP contribution in [-0.4, -0.2) is 49.0 Å². The molecule has 7 nitrogen and oxygen atoms in total. The summed E-state index contributed by atoms with van der Waals surface area (Å²) in [5.41, 5.74) is 0.824. The number of carbonyl (C=O) groups is 2. The highest BCUT2D eigenvalue weighted by Gasteiger charge is 2.43. The average Bonchev–Trinajstić information content (AvgIpc) is 3.22. The molecule has 3 aromatic rings. The van der Waals surface area contributed by atoms with E-state index in [0.29, 0.717) is 17.7 Å². The van der Waals surface area contributed by atoms with Crippen molar-refractivity contribution in [3.05, 3.63) is 72.3 Å². The molecular formula is C24H24N2O5S2. The number of benzene rings is 3. The molecule has 0 radical (unpaired) electrons. The van der Waals surface area contributed by atoms with E-state index in [1.807, 2.05) is 24.3 Å². The molecule has 0 spiro atoms. The smallest absolute Gasteiger partial charge is 0.338 e. The van der Waals surface area contributed by atoms with Gasteiger partial charge in [-0.25, -0.2) is 13.2 Å². The van der Waals surface area contributed by atoms with Crippen molar-refractivity contribution in [2.75, 3.05) is 18.5 Å². The number of amides is 1. The van der Waals surface area contributed by atoms with Gasteiger partial charge in [0.2, 0.25) is 15.9 Å². The van der Waals surface area contributed by atoms with Crippen LogP contribution in [0.15, 0.2) is 71.6 Å². The van der Waals surface area contributed by atoms with E-state index in [1.54, 1.807) is 49.4 Å². The fourth-order valence-corrected chi connectivity index (χ4v) is 6.05. The van der Waals surface area contributed by atoms with Crippen LogP contribution in [0, 0.1) is 0 Å². The summed E-state index contributed by atoms with van der Waals surface area (Å²) in [6, 6.07) is 17.8. The van der Waals surface area contributed by atoms with Crippen LogP contribution in [0.25, 0.3) is 10.8 Å². The molecule has 0 saturated carbocycles. The Morgan fingerprint density at radius 1 is 1.06 bits per heavy atom. The maximum atomic E-state index is 13.4. The number of nitrogens with one attached hydrogen (secondary N) is 1. The maximum absolute atomic E-state index is 13.4. The predicted octanol–water partition coefficient (Wildman–Crippen LogP) is 3.72. The number of thiol groups is 1. The summed E-state index contributed by atoms with van der Waals surface area (Å²) < 4.78 is 33.0. The van der Waals surface area contributed by atoms with Crippen molar-refractivity contribution in [2.45, 2.75) is 29.5 Å². The predicted molar refractivity (Wildman–Crippen MR) is 130 cm³/mol. The first-order chi connectivity index (χ1) is 15.8. The second-order valence-electron chi connectivity index (χ2n) is 7.78. The van der Waals surface area contributed by atoms with Crippen LogP contribution in [0.3, 0.4) is 0 Å². The van der Waals surface area contributed by atoms with E-state index < -0.39 is 27.9 Å². The molecule has 1 amide bonds. The molecule has 0 aromatic heterocycles. The Bertz CT molecular complexity index is 1290. The Kier molecular flexibility index (Phi) is 6.73. The number of fused-ring (bicyclic) bond motifs is 1. The number of nitrogens with zero attached hydrogens (tertiary/aromatic N) is 1. The third-order valence-electron chi connectivity index (χ3n) is 5.53. The minimum Gasteiger partial charge on any atom is -0.462 e. The number of carbonyl (C=O) groups excluding carboxylic acids is 2. The van der Waals surface area contributed by atoms with Crippen molar-refractivity contribution in [3.8, 4) is 0 Å². The summed E-state index contributed by atoms with van der Waals surface area (Å²) in [6.45, 7) is 2.13. The average molecular weight is 485 g/mol. The molecule has 172 valence electrons. The van der Waals surface area contributed by atoms with Crippen molar-refractivity contribution in [3.63, 3.8) is 0 Å². The second-order valence-corrected chi connectivity index (χ2v) is 10.4. The van der Waals surface area contributed by atoms with Crippen LogP contribution in [0.5, 0.6) is 0 Å². The van der Waals surface area contributed by atoms with Gasteiger partial charge in [0.1, 0.15) is 6.04 Å². The van der Waals surface area contributed by atoms with E-state index in [9.17, 15) is 18.0 Å². The zero-order valence-corrected chi connectivity index (χ0v) is 19.7. The lowest BCUT2D eigenvalue weighted by molar-refractivity contribution is -0.119. The zero-order chi connectivity index (χ0) is 23.6. The van der Waals surface area contributed by atoms with Gasteiger partial charge in [0, 0.05) is 17.5 Å². The summed E-state index contributed by atoms with van der Waals surface area (Å²) in [4.78, 5) is 25.0. The molecule has 0 aliphatic carbocycles. The van der Waals surface area contributed by atoms with Crippen molar-refractivity contribution >= 4 is 51.0 Å². The summed E-state index contributed by atoms with van der Waals surface area (Å²) in [7, 11) is -3.91. The molecule has 1 fully saturated rings. The molecule has 1 aliphatic rings. The van der Waals surface area contributed by atoms with Crippen LogP contribution in [-0.2, 0) is 19.6 Å². The molecule has 0 unspecified atom stereocenters. The SMILES string of the molecule is CCOC(=O)c1ccc(NC(=O)[C@@H]2C[C@H](S)CN2S(=O)(=O)c2ccc3ccccc3c2)cc1. The van der Waals surface area contributed by atoms with Crippen LogP contribution in [0.1, 0.15) is 23.7 Å². The van der Waals surface area contributed by atoms with Gasteiger partial charge in [-0.2, -0.15) is 16.9 Å². The summed E-state index contributed by atoms with van der Waals surface area (Å²) in [5, 5.41) is 4.24. The van der Waals surface area contributed by atoms with E-state index >= 15 is 0 Å². The molecule has 2 atom stereocenters. The Hall–Kier alpha value is -2.88. The topological polar surface area (TPSA) is 92.8 Å². The lowest BCUT2D eigenvalue weighted by atomic mass is 10.1. The molecule has 1 aliphatic heterocycles. The minimum absolute atomic E-state index is 0.137. The van der Waals surface area contributed by atoms with Gasteiger partial charge in [-0.05, 0) is 60.5 Å². The summed E-state index contributed by atoms with van der Waals surface area (Å²) >= 11 is 4.45. The van der Waals surface area contributed by atoms with E-state index in [2.05, 4.69) is 17.9 Å². The Morgan fingerprint density at radius 2 is 1.76 bits per heavy atom. The highest BCUT2D eigenvalue weighted by molar-refractivity contribution is 7.89. The van der Waals surface area contributed by atoms with Gasteiger partial charge < -0.3 is 10.1 Å². The number of ether oxygens (including phenoxy) is 1. The van der Waals surface area contributed by atoms with Crippen LogP contribution < -0.4 is 5.32 Å². The first-order valence-corrected chi connectivity index (χ1v) is 12.5. The maximum Gasteiger partial charge on any atom is 0.338 e. The molecule has 1 saturated heterocycles.